The monoisotopic (exact) mass is 804 g/mol. The van der Waals surface area contributed by atoms with Crippen LogP contribution in [-0.4, -0.2) is 94.8 Å². The minimum absolute atomic E-state index is 0.0170. The zero-order valence-electron chi connectivity index (χ0n) is 33.2. The summed E-state index contributed by atoms with van der Waals surface area (Å²) in [6.07, 6.45) is 9.11. The van der Waals surface area contributed by atoms with Crippen molar-refractivity contribution in [3.63, 3.8) is 0 Å². The lowest BCUT2D eigenvalue weighted by Crippen LogP contribution is -2.52. The van der Waals surface area contributed by atoms with Gasteiger partial charge in [-0.3, -0.25) is 28.6 Å². The number of Topliss-reactive ketones (excluding diaryl/α,β-unsaturated/α-hetero) is 1. The standard InChI is InChI=1S/C41H52N6O9S/c1-24(2)55-36-20-35(29-15-16-34(54-5)25(3)37(29)43-36)56-27-19-32-33(48)22-41(40(51)45-57(52,53)28-13-14-28)21-26(41)11-9-7-6-8-10-12-31(39(50)47(32)23-27)42-38(49)30-17-18-46(4)44-30/h9,11,15-18,20,24,26-28,31-32H,6-8,10,12-14,19,21-23H2,1-5H3,(H,42,49)(H,45,51)/b11-9-/t26-,27+,31-,32-,41+/m0/s1. The Kier molecular flexibility index (Phi) is 11.4. The van der Waals surface area contributed by atoms with E-state index in [2.05, 4.69) is 15.1 Å². The van der Waals surface area contributed by atoms with Crippen molar-refractivity contribution in [3.8, 4) is 17.4 Å². The molecule has 0 unspecified atom stereocenters. The number of nitrogens with zero attached hydrogens (tertiary/aromatic N) is 4. The molecule has 306 valence electrons. The number of carbonyl (C=O) groups is 4. The van der Waals surface area contributed by atoms with E-state index < -0.39 is 56.6 Å². The van der Waals surface area contributed by atoms with Gasteiger partial charge in [0.05, 0.1) is 42.0 Å². The third-order valence-corrected chi connectivity index (χ3v) is 13.3. The Morgan fingerprint density at radius 1 is 1.05 bits per heavy atom. The van der Waals surface area contributed by atoms with E-state index in [1.807, 2.05) is 45.1 Å². The molecule has 0 bridgehead atoms. The van der Waals surface area contributed by atoms with E-state index in [0.29, 0.717) is 60.4 Å². The molecule has 57 heavy (non-hydrogen) atoms. The fourth-order valence-corrected chi connectivity index (χ4v) is 9.50. The Bertz CT molecular complexity index is 2200. The number of aromatic nitrogens is 3. The highest BCUT2D eigenvalue weighted by atomic mass is 32.2. The summed E-state index contributed by atoms with van der Waals surface area (Å²) in [5.41, 5.74) is 0.287. The minimum Gasteiger partial charge on any atom is -0.496 e. The summed E-state index contributed by atoms with van der Waals surface area (Å²) >= 11 is 0. The average Bonchev–Trinajstić information content (AvgIpc) is 4.05. The van der Waals surface area contributed by atoms with Crippen LogP contribution in [0.2, 0.25) is 0 Å². The molecular formula is C41H52N6O9S. The van der Waals surface area contributed by atoms with E-state index in [1.165, 1.54) is 9.58 Å². The number of amides is 3. The van der Waals surface area contributed by atoms with Gasteiger partial charge in [-0.1, -0.05) is 25.0 Å². The van der Waals surface area contributed by atoms with E-state index in [1.54, 1.807) is 32.5 Å². The SMILES string of the molecule is COc1ccc2c(O[C@@H]3C[C@H]4C(=O)C[C@]5(C(=O)NS(=O)(=O)C6CC6)C[C@@H]5/C=C\CCCCC[C@H](NC(=O)c5ccn(C)n5)C(=O)N4C3)cc(OC(C)C)nc2c1C. The molecule has 3 aromatic rings. The van der Waals surface area contributed by atoms with Gasteiger partial charge in [-0.05, 0) is 83.4 Å². The third-order valence-electron chi connectivity index (χ3n) is 11.5. The lowest BCUT2D eigenvalue weighted by atomic mass is 9.91. The van der Waals surface area contributed by atoms with Crippen molar-refractivity contribution in [2.45, 2.75) is 115 Å². The van der Waals surface area contributed by atoms with E-state index >= 15 is 0 Å². The molecule has 2 N–H and O–H groups in total. The lowest BCUT2D eigenvalue weighted by molar-refractivity contribution is -0.140. The molecule has 2 aliphatic carbocycles. The van der Waals surface area contributed by atoms with Gasteiger partial charge in [0.1, 0.15) is 29.3 Å². The quantitative estimate of drug-likeness (QED) is 0.278. The van der Waals surface area contributed by atoms with Crippen LogP contribution in [0.3, 0.4) is 0 Å². The highest BCUT2D eigenvalue weighted by Gasteiger charge is 2.61. The van der Waals surface area contributed by atoms with Gasteiger partial charge in [-0.15, -0.1) is 0 Å². The highest BCUT2D eigenvalue weighted by molar-refractivity contribution is 7.90. The number of sulfonamides is 1. The maximum absolute atomic E-state index is 14.7. The second-order valence-corrected chi connectivity index (χ2v) is 18.1. The first-order valence-corrected chi connectivity index (χ1v) is 21.4. The molecule has 2 aromatic heterocycles. The van der Waals surface area contributed by atoms with Crippen LogP contribution in [0.4, 0.5) is 0 Å². The van der Waals surface area contributed by atoms with Crippen LogP contribution in [0.5, 0.6) is 17.4 Å². The predicted molar refractivity (Wildman–Crippen MR) is 210 cm³/mol. The van der Waals surface area contributed by atoms with Crippen LogP contribution in [-0.2, 0) is 31.5 Å². The molecule has 16 heteroatoms. The smallest absolute Gasteiger partial charge is 0.272 e. The summed E-state index contributed by atoms with van der Waals surface area (Å²) in [5, 5.41) is 7.19. The molecule has 0 radical (unpaired) electrons. The van der Waals surface area contributed by atoms with Crippen LogP contribution in [0.25, 0.3) is 10.9 Å². The Balaban J connectivity index is 1.23. The number of fused-ring (bicyclic) bond motifs is 3. The fourth-order valence-electron chi connectivity index (χ4n) is 8.11. The molecule has 1 saturated heterocycles. The first-order valence-electron chi connectivity index (χ1n) is 19.9. The molecule has 7 rings (SSSR count). The first kappa shape index (κ1) is 40.2. The van der Waals surface area contributed by atoms with Crippen LogP contribution in [0.1, 0.15) is 94.1 Å². The second kappa shape index (κ2) is 16.1. The third kappa shape index (κ3) is 8.65. The van der Waals surface area contributed by atoms with E-state index in [0.717, 1.165) is 24.8 Å². The number of allylic oxidation sites excluding steroid dienone is 2. The summed E-state index contributed by atoms with van der Waals surface area (Å²) in [5.74, 6) is -0.916. The van der Waals surface area contributed by atoms with Crippen molar-refractivity contribution < 1.29 is 41.8 Å². The number of pyridine rings is 1. The van der Waals surface area contributed by atoms with Gasteiger partial charge in [0.2, 0.25) is 27.7 Å². The minimum atomic E-state index is -3.87. The molecule has 5 atom stereocenters. The summed E-state index contributed by atoms with van der Waals surface area (Å²) in [4.78, 5) is 62.9. The molecule has 3 fully saturated rings. The zero-order valence-corrected chi connectivity index (χ0v) is 34.0. The number of ketones is 1. The Morgan fingerprint density at radius 2 is 1.84 bits per heavy atom. The molecule has 15 nitrogen and oxygen atoms in total. The summed E-state index contributed by atoms with van der Waals surface area (Å²) in [7, 11) is -0.588. The van der Waals surface area contributed by atoms with Crippen molar-refractivity contribution in [2.75, 3.05) is 13.7 Å². The maximum atomic E-state index is 14.7. The van der Waals surface area contributed by atoms with Crippen LogP contribution in [0, 0.1) is 18.3 Å². The number of benzene rings is 1. The number of hydrogen-bond acceptors (Lipinski definition) is 11. The molecule has 2 aliphatic heterocycles. The Labute approximate surface area is 332 Å². The van der Waals surface area contributed by atoms with Gasteiger partial charge in [-0.25, -0.2) is 13.4 Å². The van der Waals surface area contributed by atoms with Gasteiger partial charge in [-0.2, -0.15) is 5.10 Å². The van der Waals surface area contributed by atoms with Crippen LogP contribution >= 0.6 is 0 Å². The first-order chi connectivity index (χ1) is 27.2. The molecule has 3 amide bonds. The number of rotatable bonds is 10. The van der Waals surface area contributed by atoms with Crippen LogP contribution in [0.15, 0.2) is 42.6 Å². The van der Waals surface area contributed by atoms with Gasteiger partial charge >= 0.3 is 0 Å². The van der Waals surface area contributed by atoms with E-state index in [-0.39, 0.29) is 42.9 Å². The van der Waals surface area contributed by atoms with Crippen LogP contribution < -0.4 is 24.2 Å². The number of carbonyl (C=O) groups excluding carboxylic acids is 4. The molecule has 4 heterocycles. The Hall–Kier alpha value is -4.99. The number of methoxy groups -OCH3 is 1. The fraction of sp³-hybridized carbons (Fsp3) is 0.561. The molecular weight excluding hydrogens is 753 g/mol. The highest BCUT2D eigenvalue weighted by Crippen LogP contribution is 2.57. The largest absolute Gasteiger partial charge is 0.496 e. The summed E-state index contributed by atoms with van der Waals surface area (Å²) in [6.45, 7) is 5.69. The maximum Gasteiger partial charge on any atom is 0.272 e. The van der Waals surface area contributed by atoms with Crippen molar-refractivity contribution in [3.05, 3.63) is 53.9 Å². The predicted octanol–water partition coefficient (Wildman–Crippen LogP) is 4.31. The number of aryl methyl sites for hydroxylation is 2. The van der Waals surface area contributed by atoms with E-state index in [4.69, 9.17) is 19.2 Å². The summed E-state index contributed by atoms with van der Waals surface area (Å²) < 4.78 is 47.9. The zero-order chi connectivity index (χ0) is 40.6. The second-order valence-electron chi connectivity index (χ2n) is 16.1. The molecule has 1 aromatic carbocycles. The van der Waals surface area contributed by atoms with Crippen molar-refractivity contribution >= 4 is 44.4 Å². The number of ether oxygens (including phenoxy) is 3. The Morgan fingerprint density at radius 3 is 2.54 bits per heavy atom. The van der Waals surface area contributed by atoms with Crippen molar-refractivity contribution in [1.29, 1.82) is 0 Å². The lowest BCUT2D eigenvalue weighted by Gasteiger charge is -2.29. The summed E-state index contributed by atoms with van der Waals surface area (Å²) in [6, 6.07) is 4.95. The normalized spacial score (nSPS) is 26.2. The molecule has 4 aliphatic rings. The molecule has 0 spiro atoms. The average molecular weight is 805 g/mol. The topological polar surface area (TPSA) is 188 Å². The van der Waals surface area contributed by atoms with Crippen molar-refractivity contribution in [2.24, 2.45) is 18.4 Å². The number of nitrogens with one attached hydrogen (secondary N) is 2. The van der Waals surface area contributed by atoms with Gasteiger partial charge in [0.25, 0.3) is 5.91 Å². The van der Waals surface area contributed by atoms with Gasteiger partial charge in [0.15, 0.2) is 5.78 Å². The van der Waals surface area contributed by atoms with Gasteiger partial charge in [0, 0.05) is 43.1 Å². The number of hydrogen-bond donors (Lipinski definition) is 2. The van der Waals surface area contributed by atoms with Gasteiger partial charge < -0.3 is 24.4 Å². The molecule has 2 saturated carbocycles. The van der Waals surface area contributed by atoms with Crippen molar-refractivity contribution in [1.82, 2.24) is 29.7 Å². The van der Waals surface area contributed by atoms with E-state index in [9.17, 15) is 27.6 Å².